The Morgan fingerprint density at radius 3 is 2.27 bits per heavy atom. The fourth-order valence-corrected chi connectivity index (χ4v) is 1.35. The van der Waals surface area contributed by atoms with Crippen LogP contribution in [0.15, 0.2) is 21.6 Å². The molecular formula is C4H4ClKO4S. The molecule has 0 atom stereocenters. The number of halogens is 1. The Balaban J connectivity index is 0.000001000. The molecule has 0 bridgehead atoms. The molecule has 0 radical (unpaired) electrons. The molecule has 1 rings (SSSR count). The normalized spacial score (nSPS) is 10.7. The molecule has 11 heavy (non-hydrogen) atoms. The van der Waals surface area contributed by atoms with Crippen molar-refractivity contribution in [3.8, 4) is 0 Å². The predicted octanol–water partition coefficient (Wildman–Crippen LogP) is 0.531. The van der Waals surface area contributed by atoms with Gasteiger partial charge in [0.2, 0.25) is 5.22 Å². The van der Waals surface area contributed by atoms with Crippen LogP contribution in [-0.4, -0.2) is 64.4 Å². The van der Waals surface area contributed by atoms with E-state index in [0.29, 0.717) is 0 Å². The zero-order valence-electron chi connectivity index (χ0n) is 4.61. The van der Waals surface area contributed by atoms with Crippen molar-refractivity contribution >= 4 is 73.1 Å². The number of hydrogen-bond acceptors (Lipinski definition) is 3. The monoisotopic (exact) mass is 222 g/mol. The van der Waals surface area contributed by atoms with E-state index < -0.39 is 15.0 Å². The van der Waals surface area contributed by atoms with Crippen LogP contribution in [0, 0.1) is 0 Å². The van der Waals surface area contributed by atoms with Crippen LogP contribution in [0.1, 0.15) is 0 Å². The van der Waals surface area contributed by atoms with Gasteiger partial charge in [-0.15, -0.1) is 0 Å². The van der Waals surface area contributed by atoms with Crippen LogP contribution < -0.4 is 0 Å². The molecule has 0 spiro atoms. The first-order valence-electron chi connectivity index (χ1n) is 2.22. The second-order valence-electron chi connectivity index (χ2n) is 1.53. The van der Waals surface area contributed by atoms with E-state index in [9.17, 15) is 8.42 Å². The minimum atomic E-state index is -4.22. The van der Waals surface area contributed by atoms with Crippen molar-refractivity contribution in [1.29, 1.82) is 0 Å². The average Bonchev–Trinajstić information content (AvgIpc) is 2.11. The summed E-state index contributed by atoms with van der Waals surface area (Å²) >= 11 is 5.22. The van der Waals surface area contributed by atoms with Gasteiger partial charge in [-0.2, -0.15) is 8.42 Å². The number of rotatable bonds is 1. The van der Waals surface area contributed by atoms with Gasteiger partial charge in [-0.3, -0.25) is 4.55 Å². The van der Waals surface area contributed by atoms with Crippen molar-refractivity contribution in [2.75, 3.05) is 0 Å². The Labute approximate surface area is 111 Å². The zero-order valence-corrected chi connectivity index (χ0v) is 6.19. The summed E-state index contributed by atoms with van der Waals surface area (Å²) in [5.41, 5.74) is 0. The van der Waals surface area contributed by atoms with Crippen LogP contribution in [0.2, 0.25) is 5.22 Å². The van der Waals surface area contributed by atoms with Gasteiger partial charge in [0, 0.05) is 0 Å². The zero-order chi connectivity index (χ0) is 7.78. The molecule has 0 aliphatic rings. The van der Waals surface area contributed by atoms with Crippen LogP contribution in [-0.2, 0) is 10.1 Å². The molecule has 1 heterocycles. The molecule has 0 aromatic carbocycles. The van der Waals surface area contributed by atoms with Gasteiger partial charge in [-0.1, -0.05) is 0 Å². The Kier molecular flexibility index (Phi) is 4.82. The molecular weight excluding hydrogens is 219 g/mol. The van der Waals surface area contributed by atoms with Crippen molar-refractivity contribution in [3.05, 3.63) is 17.5 Å². The van der Waals surface area contributed by atoms with Crippen molar-refractivity contribution in [3.63, 3.8) is 0 Å². The Morgan fingerprint density at radius 1 is 1.55 bits per heavy atom. The summed E-state index contributed by atoms with van der Waals surface area (Å²) in [4.78, 5) is -0.408. The first-order chi connectivity index (χ1) is 4.52. The van der Waals surface area contributed by atoms with Crippen molar-refractivity contribution < 1.29 is 17.4 Å². The fraction of sp³-hybridized carbons (Fsp3) is 0. The number of furan rings is 1. The fourth-order valence-electron chi connectivity index (χ4n) is 0.467. The molecule has 0 saturated heterocycles. The van der Waals surface area contributed by atoms with Gasteiger partial charge in [-0.25, -0.2) is 0 Å². The molecule has 4 nitrogen and oxygen atoms in total. The molecule has 0 amide bonds. The SMILES string of the molecule is O=S(=O)(O)c1ccoc1Cl.[KH]. The second kappa shape index (κ2) is 4.38. The summed E-state index contributed by atoms with van der Waals surface area (Å²) in [6.07, 6.45) is 1.07. The first kappa shape index (κ1) is 12.1. The van der Waals surface area contributed by atoms with E-state index in [0.717, 1.165) is 12.3 Å². The van der Waals surface area contributed by atoms with Gasteiger partial charge in [0.25, 0.3) is 10.1 Å². The van der Waals surface area contributed by atoms with Gasteiger partial charge in [0.1, 0.15) is 0 Å². The first-order valence-corrected chi connectivity index (χ1v) is 4.04. The average molecular weight is 223 g/mol. The molecule has 0 aliphatic heterocycles. The second-order valence-corrected chi connectivity index (χ2v) is 3.27. The van der Waals surface area contributed by atoms with Crippen molar-refractivity contribution in [1.82, 2.24) is 0 Å². The van der Waals surface area contributed by atoms with E-state index in [1.54, 1.807) is 0 Å². The van der Waals surface area contributed by atoms with Gasteiger partial charge < -0.3 is 4.42 Å². The minimum absolute atomic E-state index is 0. The third-order valence-corrected chi connectivity index (χ3v) is 2.14. The Morgan fingerprint density at radius 2 is 2.09 bits per heavy atom. The maximum atomic E-state index is 10.3. The van der Waals surface area contributed by atoms with E-state index in [4.69, 9.17) is 16.2 Å². The summed E-state index contributed by atoms with van der Waals surface area (Å²) in [5, 5.41) is -0.331. The molecule has 7 heteroatoms. The van der Waals surface area contributed by atoms with E-state index in [2.05, 4.69) is 4.42 Å². The van der Waals surface area contributed by atoms with Crippen LogP contribution in [0.4, 0.5) is 0 Å². The summed E-state index contributed by atoms with van der Waals surface area (Å²) in [5.74, 6) is 0. The molecule has 1 aromatic heterocycles. The third-order valence-electron chi connectivity index (χ3n) is 0.863. The molecule has 0 fully saturated rings. The predicted molar refractivity (Wildman–Crippen MR) is 40.7 cm³/mol. The van der Waals surface area contributed by atoms with Crippen LogP contribution in [0.5, 0.6) is 0 Å². The van der Waals surface area contributed by atoms with Crippen LogP contribution in [0.3, 0.4) is 0 Å². The summed E-state index contributed by atoms with van der Waals surface area (Å²) in [6, 6.07) is 1.07. The quantitative estimate of drug-likeness (QED) is 0.556. The van der Waals surface area contributed by atoms with E-state index in [1.807, 2.05) is 0 Å². The molecule has 58 valence electrons. The standard InChI is InChI=1S/C4H3ClO4S.K.H/c5-4-3(1-2-9-4)10(6,7)8;;/h1-2H,(H,6,7,8);;. The third kappa shape index (κ3) is 3.15. The van der Waals surface area contributed by atoms with Crippen molar-refractivity contribution in [2.24, 2.45) is 0 Å². The summed E-state index contributed by atoms with van der Waals surface area (Å²) in [6.45, 7) is 0. The van der Waals surface area contributed by atoms with Crippen LogP contribution >= 0.6 is 11.6 Å². The Hall–Kier alpha value is 1.12. The summed E-state index contributed by atoms with van der Waals surface area (Å²) in [7, 11) is -4.22. The molecule has 0 aliphatic carbocycles. The molecule has 1 aromatic rings. The van der Waals surface area contributed by atoms with E-state index in [-0.39, 0.29) is 56.6 Å². The van der Waals surface area contributed by atoms with Crippen molar-refractivity contribution in [2.45, 2.75) is 4.90 Å². The molecule has 1 N–H and O–H groups in total. The van der Waals surface area contributed by atoms with Crippen LogP contribution in [0.25, 0.3) is 0 Å². The maximum absolute atomic E-state index is 10.3. The van der Waals surface area contributed by atoms with Gasteiger partial charge >= 0.3 is 51.4 Å². The van der Waals surface area contributed by atoms with E-state index >= 15 is 0 Å². The topological polar surface area (TPSA) is 67.5 Å². The van der Waals surface area contributed by atoms with Gasteiger partial charge in [-0.05, 0) is 17.7 Å². The Bertz CT molecular complexity index is 330. The molecule has 0 saturated carbocycles. The molecule has 0 unspecified atom stereocenters. The summed E-state index contributed by atoms with van der Waals surface area (Å²) < 4.78 is 33.5. The van der Waals surface area contributed by atoms with Gasteiger partial charge in [0.05, 0.1) is 6.26 Å². The van der Waals surface area contributed by atoms with Gasteiger partial charge in [0.15, 0.2) is 4.90 Å². The number of hydrogen-bond donors (Lipinski definition) is 1. The van der Waals surface area contributed by atoms with E-state index in [1.165, 1.54) is 0 Å².